The number of likely N-dealkylation sites (N-methyl/N-ethyl adjacent to an activating group) is 1. The van der Waals surface area contributed by atoms with Crippen LogP contribution in [0.15, 0.2) is 0 Å². The molecule has 0 unspecified atom stereocenters. The number of carbonyl (C=O) groups is 3. The van der Waals surface area contributed by atoms with Crippen molar-refractivity contribution in [2.24, 2.45) is 0 Å². The predicted molar refractivity (Wildman–Crippen MR) is 73.3 cm³/mol. The first kappa shape index (κ1) is 16.3. The Hall–Kier alpha value is -1.79. The highest BCUT2D eigenvalue weighted by Gasteiger charge is 2.47. The molecule has 1 rings (SSSR count). The van der Waals surface area contributed by atoms with E-state index in [0.717, 1.165) is 0 Å². The van der Waals surface area contributed by atoms with E-state index in [9.17, 15) is 19.5 Å². The number of likely N-dealkylation sites (tertiary alicyclic amines) is 1. The molecule has 1 fully saturated rings. The standard InChI is InChI=1S/C13H23N3O4/c1-5-16(10(2)17)13(11(18)19)6-8-15(9-7-13)12(20)14(3)4/h5-9H2,1-4H3,(H,18,19). The Morgan fingerprint density at radius 2 is 1.70 bits per heavy atom. The molecular formula is C13H23N3O4. The fourth-order valence-electron chi connectivity index (χ4n) is 2.78. The number of hydrogen-bond donors (Lipinski definition) is 1. The van der Waals surface area contributed by atoms with Crippen molar-refractivity contribution >= 4 is 17.9 Å². The van der Waals surface area contributed by atoms with Gasteiger partial charge in [-0.1, -0.05) is 0 Å². The Morgan fingerprint density at radius 1 is 1.20 bits per heavy atom. The lowest BCUT2D eigenvalue weighted by molar-refractivity contribution is -0.161. The summed E-state index contributed by atoms with van der Waals surface area (Å²) in [4.78, 5) is 39.7. The lowest BCUT2D eigenvalue weighted by Crippen LogP contribution is -2.62. The number of carboxylic acid groups (broad SMARTS) is 1. The first-order chi connectivity index (χ1) is 9.26. The third-order valence-corrected chi connectivity index (χ3v) is 3.85. The van der Waals surface area contributed by atoms with Crippen molar-refractivity contribution in [2.45, 2.75) is 32.2 Å². The second-order valence-corrected chi connectivity index (χ2v) is 5.26. The molecule has 0 radical (unpaired) electrons. The summed E-state index contributed by atoms with van der Waals surface area (Å²) in [5, 5.41) is 9.57. The Bertz CT molecular complexity index is 400. The molecule has 0 aromatic carbocycles. The quantitative estimate of drug-likeness (QED) is 0.816. The van der Waals surface area contributed by atoms with Crippen LogP contribution in [0.3, 0.4) is 0 Å². The summed E-state index contributed by atoms with van der Waals surface area (Å²) in [6.07, 6.45) is 0.519. The molecule has 0 aliphatic carbocycles. The fraction of sp³-hybridized carbons (Fsp3) is 0.769. The van der Waals surface area contributed by atoms with Crippen molar-refractivity contribution in [3.63, 3.8) is 0 Å². The molecule has 0 aromatic rings. The summed E-state index contributed by atoms with van der Waals surface area (Å²) < 4.78 is 0. The maximum atomic E-state index is 11.9. The fourth-order valence-corrected chi connectivity index (χ4v) is 2.78. The number of nitrogens with zero attached hydrogens (tertiary/aromatic N) is 3. The molecule has 20 heavy (non-hydrogen) atoms. The summed E-state index contributed by atoms with van der Waals surface area (Å²) in [6.45, 7) is 4.18. The molecule has 1 saturated heterocycles. The van der Waals surface area contributed by atoms with Gasteiger partial charge in [-0.3, -0.25) is 4.79 Å². The van der Waals surface area contributed by atoms with E-state index in [1.54, 1.807) is 25.9 Å². The molecule has 7 nitrogen and oxygen atoms in total. The number of urea groups is 1. The van der Waals surface area contributed by atoms with Crippen LogP contribution in [0.5, 0.6) is 0 Å². The second-order valence-electron chi connectivity index (χ2n) is 5.26. The lowest BCUT2D eigenvalue weighted by Gasteiger charge is -2.45. The average molecular weight is 285 g/mol. The summed E-state index contributed by atoms with van der Waals surface area (Å²) in [5.41, 5.74) is -1.19. The monoisotopic (exact) mass is 285 g/mol. The van der Waals surface area contributed by atoms with Crippen LogP contribution in [0.25, 0.3) is 0 Å². The van der Waals surface area contributed by atoms with E-state index in [1.807, 2.05) is 0 Å². The van der Waals surface area contributed by atoms with Gasteiger partial charge in [0.2, 0.25) is 5.91 Å². The Kier molecular flexibility index (Phi) is 4.97. The smallest absolute Gasteiger partial charge is 0.329 e. The van der Waals surface area contributed by atoms with Crippen LogP contribution >= 0.6 is 0 Å². The SMILES string of the molecule is CCN(C(C)=O)C1(C(=O)O)CCN(C(=O)N(C)C)CC1. The highest BCUT2D eigenvalue weighted by molar-refractivity contribution is 5.86. The largest absolute Gasteiger partial charge is 0.479 e. The van der Waals surface area contributed by atoms with Gasteiger partial charge in [-0.25, -0.2) is 9.59 Å². The van der Waals surface area contributed by atoms with Crippen LogP contribution in [-0.2, 0) is 9.59 Å². The molecule has 0 saturated carbocycles. The van der Waals surface area contributed by atoms with Crippen LogP contribution in [-0.4, -0.2) is 77.0 Å². The van der Waals surface area contributed by atoms with Crippen molar-refractivity contribution in [3.8, 4) is 0 Å². The molecule has 0 spiro atoms. The predicted octanol–water partition coefficient (Wildman–Crippen LogP) is 0.456. The third kappa shape index (κ3) is 2.86. The van der Waals surface area contributed by atoms with E-state index in [2.05, 4.69) is 0 Å². The van der Waals surface area contributed by atoms with Crippen molar-refractivity contribution < 1.29 is 19.5 Å². The maximum Gasteiger partial charge on any atom is 0.329 e. The average Bonchev–Trinajstić information content (AvgIpc) is 2.38. The van der Waals surface area contributed by atoms with Crippen molar-refractivity contribution in [1.29, 1.82) is 0 Å². The van der Waals surface area contributed by atoms with Crippen LogP contribution in [0.4, 0.5) is 4.79 Å². The minimum atomic E-state index is -1.19. The molecule has 7 heteroatoms. The molecule has 114 valence electrons. The van der Waals surface area contributed by atoms with Crippen molar-refractivity contribution in [1.82, 2.24) is 14.7 Å². The van der Waals surface area contributed by atoms with Crippen molar-refractivity contribution in [3.05, 3.63) is 0 Å². The lowest BCUT2D eigenvalue weighted by atomic mass is 9.85. The van der Waals surface area contributed by atoms with E-state index < -0.39 is 11.5 Å². The summed E-state index contributed by atoms with van der Waals surface area (Å²) in [7, 11) is 3.32. The van der Waals surface area contributed by atoms with Crippen LogP contribution in [0.2, 0.25) is 0 Å². The highest BCUT2D eigenvalue weighted by Crippen LogP contribution is 2.30. The number of piperidine rings is 1. The number of carbonyl (C=O) groups excluding carboxylic acids is 2. The second kappa shape index (κ2) is 6.11. The first-order valence-electron chi connectivity index (χ1n) is 6.74. The van der Waals surface area contributed by atoms with E-state index in [0.29, 0.717) is 19.6 Å². The van der Waals surface area contributed by atoms with Gasteiger partial charge in [0.05, 0.1) is 0 Å². The van der Waals surface area contributed by atoms with Gasteiger partial charge in [0.25, 0.3) is 0 Å². The minimum Gasteiger partial charge on any atom is -0.479 e. The van der Waals surface area contributed by atoms with Crippen LogP contribution in [0, 0.1) is 0 Å². The van der Waals surface area contributed by atoms with Gasteiger partial charge < -0.3 is 19.8 Å². The normalized spacial score (nSPS) is 17.5. The molecule has 1 aliphatic heterocycles. The van der Waals surface area contributed by atoms with E-state index in [1.165, 1.54) is 16.7 Å². The zero-order valence-corrected chi connectivity index (χ0v) is 12.5. The zero-order valence-electron chi connectivity index (χ0n) is 12.5. The number of rotatable bonds is 3. The molecule has 0 bridgehead atoms. The highest BCUT2D eigenvalue weighted by atomic mass is 16.4. The number of hydrogen-bond acceptors (Lipinski definition) is 3. The third-order valence-electron chi connectivity index (χ3n) is 3.85. The topological polar surface area (TPSA) is 81.2 Å². The van der Waals surface area contributed by atoms with Gasteiger partial charge in [-0.15, -0.1) is 0 Å². The van der Waals surface area contributed by atoms with E-state index >= 15 is 0 Å². The molecule has 1 heterocycles. The van der Waals surface area contributed by atoms with Crippen molar-refractivity contribution in [2.75, 3.05) is 33.7 Å². The molecule has 1 aliphatic rings. The molecule has 1 N–H and O–H groups in total. The van der Waals surface area contributed by atoms with Gasteiger partial charge in [0, 0.05) is 40.7 Å². The molecule has 3 amide bonds. The summed E-state index contributed by atoms with van der Waals surface area (Å²) in [6, 6.07) is -0.130. The van der Waals surface area contributed by atoms with Crippen LogP contribution < -0.4 is 0 Å². The Balaban J connectivity index is 2.91. The summed E-state index contributed by atoms with van der Waals surface area (Å²) >= 11 is 0. The molecule has 0 aromatic heterocycles. The number of aliphatic carboxylic acids is 1. The van der Waals surface area contributed by atoms with Gasteiger partial charge in [-0.05, 0) is 19.8 Å². The number of carboxylic acids is 1. The van der Waals surface area contributed by atoms with Crippen LogP contribution in [0.1, 0.15) is 26.7 Å². The zero-order chi connectivity index (χ0) is 15.5. The van der Waals surface area contributed by atoms with Gasteiger partial charge >= 0.3 is 12.0 Å². The van der Waals surface area contributed by atoms with E-state index in [4.69, 9.17) is 0 Å². The minimum absolute atomic E-state index is 0.130. The van der Waals surface area contributed by atoms with Gasteiger partial charge in [0.15, 0.2) is 0 Å². The Morgan fingerprint density at radius 3 is 2.00 bits per heavy atom. The summed E-state index contributed by atoms with van der Waals surface area (Å²) in [5.74, 6) is -1.24. The van der Waals surface area contributed by atoms with E-state index in [-0.39, 0.29) is 24.8 Å². The first-order valence-corrected chi connectivity index (χ1v) is 6.74. The molecule has 0 atom stereocenters. The van der Waals surface area contributed by atoms with Gasteiger partial charge in [-0.2, -0.15) is 0 Å². The number of amides is 3. The van der Waals surface area contributed by atoms with Gasteiger partial charge in [0.1, 0.15) is 5.54 Å². The maximum absolute atomic E-state index is 11.9. The molecular weight excluding hydrogens is 262 g/mol. The Labute approximate surface area is 119 Å².